The number of aromatic nitrogens is 3. The number of hydrogen-bond donors (Lipinski definition) is 1. The van der Waals surface area contributed by atoms with Crippen molar-refractivity contribution in [2.75, 3.05) is 0 Å². The van der Waals surface area contributed by atoms with Crippen LogP contribution >= 0.6 is 33.9 Å². The minimum Gasteiger partial charge on any atom is -0.295 e. The number of hydrogen-bond acceptors (Lipinski definition) is 4. The van der Waals surface area contributed by atoms with E-state index in [0.717, 1.165) is 26.2 Å². The number of benzene rings is 2. The normalized spacial score (nSPS) is 11.3. The zero-order chi connectivity index (χ0) is 18.8. The van der Waals surface area contributed by atoms with Crippen molar-refractivity contribution in [2.45, 2.75) is 6.92 Å². The minimum atomic E-state index is -0.128. The summed E-state index contributed by atoms with van der Waals surface area (Å²) < 4.78 is 2.65. The fourth-order valence-corrected chi connectivity index (χ4v) is 3.70. The monoisotopic (exact) mass is 486 g/mol. The van der Waals surface area contributed by atoms with Crippen LogP contribution in [-0.4, -0.2) is 21.0 Å². The van der Waals surface area contributed by atoms with Crippen molar-refractivity contribution in [3.05, 3.63) is 85.2 Å². The van der Waals surface area contributed by atoms with Crippen LogP contribution in [0.5, 0.6) is 0 Å². The molecule has 0 radical (unpaired) electrons. The summed E-state index contributed by atoms with van der Waals surface area (Å²) in [4.78, 5) is 21.7. The van der Waals surface area contributed by atoms with Crippen LogP contribution in [0.3, 0.4) is 0 Å². The molecule has 0 amide bonds. The molecule has 27 heavy (non-hydrogen) atoms. The molecule has 2 aromatic heterocycles. The molecule has 0 aliphatic carbocycles. The van der Waals surface area contributed by atoms with Crippen molar-refractivity contribution < 1.29 is 0 Å². The molecule has 2 aromatic carbocycles. The zero-order valence-corrected chi connectivity index (χ0v) is 17.4. The Kier molecular flexibility index (Phi) is 5.04. The molecule has 0 saturated carbocycles. The number of aryl methyl sites for hydroxylation is 1. The predicted molar refractivity (Wildman–Crippen MR) is 119 cm³/mol. The van der Waals surface area contributed by atoms with Crippen LogP contribution < -0.4 is 5.56 Å². The fourth-order valence-electron chi connectivity index (χ4n) is 2.67. The average Bonchev–Trinajstić information content (AvgIpc) is 3.27. The van der Waals surface area contributed by atoms with E-state index in [1.54, 1.807) is 6.21 Å². The Morgan fingerprint density at radius 3 is 2.63 bits per heavy atom. The topological polar surface area (TPSA) is 63.0 Å². The van der Waals surface area contributed by atoms with Gasteiger partial charge in [-0.05, 0) is 53.8 Å². The van der Waals surface area contributed by atoms with Crippen LogP contribution in [-0.2, 0) is 0 Å². The third-order valence-corrected chi connectivity index (χ3v) is 5.54. The van der Waals surface area contributed by atoms with Gasteiger partial charge >= 0.3 is 0 Å². The lowest BCUT2D eigenvalue weighted by molar-refractivity contribution is 0.835. The number of thiazole rings is 1. The molecule has 0 fully saturated rings. The highest BCUT2D eigenvalue weighted by atomic mass is 127. The van der Waals surface area contributed by atoms with Gasteiger partial charge in [0, 0.05) is 26.4 Å². The fraction of sp³-hybridized carbons (Fsp3) is 0.0500. The third-order valence-electron chi connectivity index (χ3n) is 4.07. The van der Waals surface area contributed by atoms with Gasteiger partial charge in [-0.2, -0.15) is 0 Å². The molecule has 134 valence electrons. The van der Waals surface area contributed by atoms with Gasteiger partial charge in [-0.3, -0.25) is 9.89 Å². The number of rotatable bonds is 4. The molecule has 0 aliphatic rings. The van der Waals surface area contributed by atoms with Gasteiger partial charge in [-0.1, -0.05) is 30.3 Å². The maximum Gasteiger partial charge on any atom is 0.280 e. The summed E-state index contributed by atoms with van der Waals surface area (Å²) in [6.07, 6.45) is 1.59. The second kappa shape index (κ2) is 7.61. The van der Waals surface area contributed by atoms with E-state index in [0.29, 0.717) is 10.7 Å². The SMILES string of the molecule is Cc1[nH]n(-c2ccc(I)cc2)c(=O)c1C=Nc1nc(-c2ccccc2)cs1. The van der Waals surface area contributed by atoms with E-state index in [2.05, 4.69) is 37.7 Å². The molecular formula is C20H15IN4OS. The molecule has 5 nitrogen and oxygen atoms in total. The molecule has 4 aromatic rings. The maximum atomic E-state index is 12.7. The zero-order valence-electron chi connectivity index (χ0n) is 14.4. The summed E-state index contributed by atoms with van der Waals surface area (Å²) in [7, 11) is 0. The number of H-pyrrole nitrogens is 1. The molecule has 0 aliphatic heterocycles. The molecule has 0 unspecified atom stereocenters. The maximum absolute atomic E-state index is 12.7. The van der Waals surface area contributed by atoms with E-state index >= 15 is 0 Å². The van der Waals surface area contributed by atoms with Crippen LogP contribution in [0.25, 0.3) is 16.9 Å². The van der Waals surface area contributed by atoms with E-state index in [-0.39, 0.29) is 5.56 Å². The number of aliphatic imine (C=N–C) groups is 1. The highest BCUT2D eigenvalue weighted by molar-refractivity contribution is 14.1. The number of nitrogens with zero attached hydrogens (tertiary/aromatic N) is 3. The quantitative estimate of drug-likeness (QED) is 0.328. The lowest BCUT2D eigenvalue weighted by Gasteiger charge is -2.00. The van der Waals surface area contributed by atoms with Crippen molar-refractivity contribution in [2.24, 2.45) is 4.99 Å². The Hall–Kier alpha value is -2.52. The highest BCUT2D eigenvalue weighted by Gasteiger charge is 2.11. The van der Waals surface area contributed by atoms with Crippen LogP contribution in [0.4, 0.5) is 5.13 Å². The van der Waals surface area contributed by atoms with E-state index in [4.69, 9.17) is 0 Å². The minimum absolute atomic E-state index is 0.128. The Bertz CT molecular complexity index is 1160. The van der Waals surface area contributed by atoms with Gasteiger partial charge in [0.25, 0.3) is 5.56 Å². The summed E-state index contributed by atoms with van der Waals surface area (Å²) in [6, 6.07) is 17.7. The number of halogens is 1. The molecule has 4 rings (SSSR count). The van der Waals surface area contributed by atoms with E-state index in [9.17, 15) is 4.79 Å². The van der Waals surface area contributed by atoms with Crippen LogP contribution in [0, 0.1) is 10.5 Å². The summed E-state index contributed by atoms with van der Waals surface area (Å²) in [5.74, 6) is 0. The van der Waals surface area contributed by atoms with Crippen LogP contribution in [0.1, 0.15) is 11.3 Å². The molecule has 0 bridgehead atoms. The first kappa shape index (κ1) is 17.9. The molecule has 7 heteroatoms. The standard InChI is InChI=1S/C20H15IN4OS/c1-13-17(19(26)25(24-13)16-9-7-15(21)8-10-16)11-22-20-23-18(12-27-20)14-5-3-2-4-6-14/h2-12,24H,1H3. The van der Waals surface area contributed by atoms with Gasteiger partial charge in [0.05, 0.1) is 16.9 Å². The lowest BCUT2D eigenvalue weighted by Crippen LogP contribution is -2.17. The van der Waals surface area contributed by atoms with Crippen LogP contribution in [0.2, 0.25) is 0 Å². The average molecular weight is 486 g/mol. The molecule has 0 spiro atoms. The summed E-state index contributed by atoms with van der Waals surface area (Å²) >= 11 is 3.69. The van der Waals surface area contributed by atoms with Gasteiger partial charge in [0.15, 0.2) is 0 Å². The first-order valence-corrected chi connectivity index (χ1v) is 10.2. The van der Waals surface area contributed by atoms with Gasteiger partial charge in [0.2, 0.25) is 5.13 Å². The van der Waals surface area contributed by atoms with E-state index < -0.39 is 0 Å². The van der Waals surface area contributed by atoms with Crippen molar-refractivity contribution in [1.29, 1.82) is 0 Å². The van der Waals surface area contributed by atoms with Crippen molar-refractivity contribution in [3.8, 4) is 16.9 Å². The second-order valence-electron chi connectivity index (χ2n) is 5.91. The molecule has 0 atom stereocenters. The van der Waals surface area contributed by atoms with Crippen LogP contribution in [0.15, 0.2) is 69.8 Å². The first-order chi connectivity index (χ1) is 13.1. The van der Waals surface area contributed by atoms with E-state index in [1.165, 1.54) is 16.0 Å². The summed E-state index contributed by atoms with van der Waals surface area (Å²) in [6.45, 7) is 1.86. The molecular weight excluding hydrogens is 471 g/mol. The number of aromatic amines is 1. The van der Waals surface area contributed by atoms with Gasteiger partial charge < -0.3 is 0 Å². The third kappa shape index (κ3) is 3.79. The lowest BCUT2D eigenvalue weighted by atomic mass is 10.2. The van der Waals surface area contributed by atoms with E-state index in [1.807, 2.05) is 66.9 Å². The van der Waals surface area contributed by atoms with Gasteiger partial charge in [-0.25, -0.2) is 14.7 Å². The van der Waals surface area contributed by atoms with Gasteiger partial charge in [0.1, 0.15) is 0 Å². The molecule has 2 heterocycles. The van der Waals surface area contributed by atoms with Crippen molar-refractivity contribution >= 4 is 45.3 Å². The predicted octanol–water partition coefficient (Wildman–Crippen LogP) is 4.95. The highest BCUT2D eigenvalue weighted by Crippen LogP contribution is 2.26. The molecule has 1 N–H and O–H groups in total. The first-order valence-electron chi connectivity index (χ1n) is 8.24. The number of nitrogens with one attached hydrogen (secondary N) is 1. The Labute approximate surface area is 173 Å². The van der Waals surface area contributed by atoms with Crippen molar-refractivity contribution in [1.82, 2.24) is 14.8 Å². The Morgan fingerprint density at radius 1 is 1.15 bits per heavy atom. The molecule has 0 saturated heterocycles. The Balaban J connectivity index is 1.63. The van der Waals surface area contributed by atoms with Crippen molar-refractivity contribution in [3.63, 3.8) is 0 Å². The van der Waals surface area contributed by atoms with Gasteiger partial charge in [-0.15, -0.1) is 11.3 Å². The summed E-state index contributed by atoms with van der Waals surface area (Å²) in [5, 5.41) is 5.70. The smallest absolute Gasteiger partial charge is 0.280 e. The Morgan fingerprint density at radius 2 is 1.89 bits per heavy atom. The largest absolute Gasteiger partial charge is 0.295 e. The second-order valence-corrected chi connectivity index (χ2v) is 7.99. The summed E-state index contributed by atoms with van der Waals surface area (Å²) in [5.41, 5.74) is 3.90.